The average molecular weight is 229 g/mol. The number of amides is 1. The molecule has 3 nitrogen and oxygen atoms in total. The van der Waals surface area contributed by atoms with Gasteiger partial charge in [0, 0.05) is 19.5 Å². The molecule has 1 rings (SSSR count). The summed E-state index contributed by atoms with van der Waals surface area (Å²) in [5.74, 6) is 0.247. The molecular formula is C12H28BNO2. The summed E-state index contributed by atoms with van der Waals surface area (Å²) in [6.07, 6.45) is 3.16. The molecule has 1 aliphatic rings. The van der Waals surface area contributed by atoms with Crippen LogP contribution in [0.1, 0.15) is 41.5 Å². The fraction of sp³-hybridized carbons (Fsp3) is 0.917. The van der Waals surface area contributed by atoms with E-state index < -0.39 is 0 Å². The highest BCUT2D eigenvalue weighted by Crippen LogP contribution is 2.04. The van der Waals surface area contributed by atoms with E-state index in [-0.39, 0.29) is 28.2 Å². The van der Waals surface area contributed by atoms with Gasteiger partial charge in [0.1, 0.15) is 0 Å². The molecule has 1 fully saturated rings. The molecule has 1 saturated heterocycles. The molecule has 4 heteroatoms. The maximum absolute atomic E-state index is 11.5. The van der Waals surface area contributed by atoms with Crippen LogP contribution in [0.5, 0.6) is 0 Å². The monoisotopic (exact) mass is 229 g/mol. The zero-order valence-electron chi connectivity index (χ0n) is 8.00. The number of ether oxygens (including phenoxy) is 1. The van der Waals surface area contributed by atoms with Crippen molar-refractivity contribution in [2.75, 3.05) is 26.3 Å². The molecule has 2 radical (unpaired) electrons. The summed E-state index contributed by atoms with van der Waals surface area (Å²) in [7, 11) is 5.35. The summed E-state index contributed by atoms with van der Waals surface area (Å²) in [6, 6.07) is 0. The molecule has 16 heavy (non-hydrogen) atoms. The molecule has 0 N–H and O–H groups in total. The van der Waals surface area contributed by atoms with Crippen LogP contribution in [0.25, 0.3) is 0 Å². The number of nitrogens with zero attached hydrogens (tertiary/aromatic N) is 1. The number of rotatable bonds is 4. The van der Waals surface area contributed by atoms with Crippen molar-refractivity contribution in [3.05, 3.63) is 0 Å². The molecule has 0 aromatic rings. The number of carbonyl (C=O) groups is 1. The molecular weight excluding hydrogens is 201 g/mol. The Kier molecular flexibility index (Phi) is 16.4. The first-order chi connectivity index (χ1) is 6.34. The van der Waals surface area contributed by atoms with Crippen LogP contribution in [0.2, 0.25) is 6.32 Å². The molecule has 0 unspecified atom stereocenters. The zero-order valence-corrected chi connectivity index (χ0v) is 8.00. The van der Waals surface area contributed by atoms with Crippen molar-refractivity contribution in [3.63, 3.8) is 0 Å². The van der Waals surface area contributed by atoms with Crippen molar-refractivity contribution in [1.82, 2.24) is 4.90 Å². The minimum atomic E-state index is 0. The SMILES string of the molecule is C.C.C.[B]CCCCC(=O)N1CCOCC1. The lowest BCUT2D eigenvalue weighted by atomic mass is 9.99. The first-order valence-corrected chi connectivity index (χ1v) is 4.90. The third-order valence-corrected chi connectivity index (χ3v) is 2.21. The predicted octanol–water partition coefficient (Wildman–Crippen LogP) is 2.51. The Bertz CT molecular complexity index is 159. The van der Waals surface area contributed by atoms with Crippen molar-refractivity contribution in [3.8, 4) is 0 Å². The summed E-state index contributed by atoms with van der Waals surface area (Å²) >= 11 is 0. The maximum atomic E-state index is 11.5. The van der Waals surface area contributed by atoms with Gasteiger partial charge in [-0.05, 0) is 6.42 Å². The Hall–Kier alpha value is -0.505. The molecule has 0 saturated carbocycles. The minimum absolute atomic E-state index is 0. The Morgan fingerprint density at radius 3 is 2.19 bits per heavy atom. The fourth-order valence-corrected chi connectivity index (χ4v) is 1.39. The van der Waals surface area contributed by atoms with Crippen LogP contribution in [0, 0.1) is 0 Å². The molecule has 0 aliphatic carbocycles. The molecule has 0 bridgehead atoms. The van der Waals surface area contributed by atoms with Crippen molar-refractivity contribution >= 4 is 13.8 Å². The fourth-order valence-electron chi connectivity index (χ4n) is 1.39. The van der Waals surface area contributed by atoms with Crippen molar-refractivity contribution in [1.29, 1.82) is 0 Å². The summed E-state index contributed by atoms with van der Waals surface area (Å²) in [5.41, 5.74) is 0. The second-order valence-corrected chi connectivity index (χ2v) is 3.24. The van der Waals surface area contributed by atoms with Crippen molar-refractivity contribution < 1.29 is 9.53 Å². The van der Waals surface area contributed by atoms with Gasteiger partial charge in [-0.25, -0.2) is 0 Å². The molecule has 0 spiro atoms. The van der Waals surface area contributed by atoms with E-state index in [2.05, 4.69) is 0 Å². The highest BCUT2D eigenvalue weighted by molar-refractivity contribution is 6.08. The van der Waals surface area contributed by atoms with E-state index in [4.69, 9.17) is 12.6 Å². The lowest BCUT2D eigenvalue weighted by molar-refractivity contribution is -0.135. The summed E-state index contributed by atoms with van der Waals surface area (Å²) in [5, 5.41) is 0. The number of unbranched alkanes of at least 4 members (excludes halogenated alkanes) is 1. The van der Waals surface area contributed by atoms with Gasteiger partial charge in [0.15, 0.2) is 0 Å². The van der Waals surface area contributed by atoms with E-state index in [1.165, 1.54) is 0 Å². The third-order valence-electron chi connectivity index (χ3n) is 2.21. The summed E-state index contributed by atoms with van der Waals surface area (Å²) in [6.45, 7) is 2.87. The molecule has 0 atom stereocenters. The number of carbonyl (C=O) groups excluding carboxylic acids is 1. The summed E-state index contributed by atoms with van der Waals surface area (Å²) < 4.78 is 5.16. The van der Waals surface area contributed by atoms with Crippen LogP contribution in [0.15, 0.2) is 0 Å². The Labute approximate surface area is 103 Å². The smallest absolute Gasteiger partial charge is 0.222 e. The molecule has 0 aromatic heterocycles. The van der Waals surface area contributed by atoms with Gasteiger partial charge >= 0.3 is 0 Å². The lowest BCUT2D eigenvalue weighted by Crippen LogP contribution is -2.40. The normalized spacial score (nSPS) is 14.1. The van der Waals surface area contributed by atoms with Gasteiger partial charge < -0.3 is 9.64 Å². The van der Waals surface area contributed by atoms with Crippen LogP contribution < -0.4 is 0 Å². The van der Waals surface area contributed by atoms with E-state index in [1.54, 1.807) is 0 Å². The first kappa shape index (κ1) is 20.9. The van der Waals surface area contributed by atoms with E-state index >= 15 is 0 Å². The molecule has 96 valence electrons. The van der Waals surface area contributed by atoms with Gasteiger partial charge in [0.2, 0.25) is 5.91 Å². The van der Waals surface area contributed by atoms with E-state index in [0.717, 1.165) is 25.9 Å². The van der Waals surface area contributed by atoms with Gasteiger partial charge in [0.25, 0.3) is 0 Å². The van der Waals surface area contributed by atoms with Crippen molar-refractivity contribution in [2.45, 2.75) is 47.9 Å². The van der Waals surface area contributed by atoms with Gasteiger partial charge in [-0.15, -0.1) is 0 Å². The van der Waals surface area contributed by atoms with Gasteiger partial charge in [-0.3, -0.25) is 4.79 Å². The third kappa shape index (κ3) is 7.74. The summed E-state index contributed by atoms with van der Waals surface area (Å²) in [4.78, 5) is 13.4. The number of hydrogen-bond acceptors (Lipinski definition) is 2. The first-order valence-electron chi connectivity index (χ1n) is 4.90. The van der Waals surface area contributed by atoms with Crippen LogP contribution in [-0.2, 0) is 9.53 Å². The zero-order chi connectivity index (χ0) is 9.52. The predicted molar refractivity (Wildman–Crippen MR) is 72.0 cm³/mol. The van der Waals surface area contributed by atoms with Crippen LogP contribution in [-0.4, -0.2) is 45.0 Å². The van der Waals surface area contributed by atoms with Crippen LogP contribution in [0.3, 0.4) is 0 Å². The number of hydrogen-bond donors (Lipinski definition) is 0. The average Bonchev–Trinajstić information content (AvgIpc) is 2.19. The molecule has 1 amide bonds. The van der Waals surface area contributed by atoms with Crippen molar-refractivity contribution in [2.24, 2.45) is 0 Å². The highest BCUT2D eigenvalue weighted by atomic mass is 16.5. The Morgan fingerprint density at radius 2 is 1.69 bits per heavy atom. The topological polar surface area (TPSA) is 29.5 Å². The quantitative estimate of drug-likeness (QED) is 0.547. The number of morpholine rings is 1. The van der Waals surface area contributed by atoms with E-state index in [0.29, 0.717) is 26.0 Å². The maximum Gasteiger partial charge on any atom is 0.222 e. The van der Waals surface area contributed by atoms with Gasteiger partial charge in [0.05, 0.1) is 21.1 Å². The second kappa shape index (κ2) is 12.6. The Balaban J connectivity index is -0.000000563. The second-order valence-electron chi connectivity index (χ2n) is 3.24. The van der Waals surface area contributed by atoms with Gasteiger partial charge in [-0.1, -0.05) is 35.0 Å². The van der Waals surface area contributed by atoms with E-state index in [9.17, 15) is 4.79 Å². The van der Waals surface area contributed by atoms with Gasteiger partial charge in [-0.2, -0.15) is 0 Å². The molecule has 1 aliphatic heterocycles. The standard InChI is InChI=1S/C9H16BNO2.3CH4/c10-4-2-1-3-9(12)11-5-7-13-8-6-11;;;/h1-8H2;3*1H4. The van der Waals surface area contributed by atoms with E-state index in [1.807, 2.05) is 4.90 Å². The Morgan fingerprint density at radius 1 is 1.12 bits per heavy atom. The lowest BCUT2D eigenvalue weighted by Gasteiger charge is -2.26. The molecule has 1 heterocycles. The molecule has 0 aromatic carbocycles. The largest absolute Gasteiger partial charge is 0.378 e. The minimum Gasteiger partial charge on any atom is -0.378 e. The van der Waals surface area contributed by atoms with Crippen LogP contribution in [0.4, 0.5) is 0 Å². The highest BCUT2D eigenvalue weighted by Gasteiger charge is 2.15. The van der Waals surface area contributed by atoms with Crippen LogP contribution >= 0.6 is 0 Å².